The third kappa shape index (κ3) is 2.58. The van der Waals surface area contributed by atoms with Crippen LogP contribution in [0.2, 0.25) is 0 Å². The van der Waals surface area contributed by atoms with E-state index in [2.05, 4.69) is 26.5 Å². The maximum atomic E-state index is 8.93. The Hall–Kier alpha value is -2.42. The van der Waals surface area contributed by atoms with Gasteiger partial charge in [-0.15, -0.1) is 0 Å². The van der Waals surface area contributed by atoms with Gasteiger partial charge in [-0.3, -0.25) is 0 Å². The van der Waals surface area contributed by atoms with E-state index in [0.29, 0.717) is 29.6 Å². The minimum absolute atomic E-state index is 0.377. The first-order valence-corrected chi connectivity index (χ1v) is 5.10. The standard InChI is InChI=1S/C11H11N5O/c1-7-3-4-9(5-12)11(14-7)13-6-10-15-8(2)17-16-10/h3-4H,6H2,1-2H3,(H,13,14). The topological polar surface area (TPSA) is 87.6 Å². The Kier molecular flexibility index (Phi) is 3.01. The number of nitrogens with zero attached hydrogens (tertiary/aromatic N) is 4. The Morgan fingerprint density at radius 2 is 2.18 bits per heavy atom. The van der Waals surface area contributed by atoms with E-state index in [1.165, 1.54) is 0 Å². The summed E-state index contributed by atoms with van der Waals surface area (Å²) in [7, 11) is 0. The monoisotopic (exact) mass is 229 g/mol. The maximum absolute atomic E-state index is 8.93. The highest BCUT2D eigenvalue weighted by atomic mass is 16.5. The Labute approximate surface area is 98.3 Å². The van der Waals surface area contributed by atoms with E-state index in [9.17, 15) is 0 Å². The van der Waals surface area contributed by atoms with Crippen LogP contribution in [0.15, 0.2) is 16.7 Å². The minimum atomic E-state index is 0.377. The third-order valence-corrected chi connectivity index (χ3v) is 2.14. The molecule has 0 amide bonds. The second-order valence-electron chi connectivity index (χ2n) is 3.54. The van der Waals surface area contributed by atoms with Crippen LogP contribution in [0.3, 0.4) is 0 Å². The van der Waals surface area contributed by atoms with Crippen molar-refractivity contribution in [1.29, 1.82) is 5.26 Å². The number of hydrogen-bond acceptors (Lipinski definition) is 6. The van der Waals surface area contributed by atoms with Crippen LogP contribution >= 0.6 is 0 Å². The van der Waals surface area contributed by atoms with Gasteiger partial charge in [0.2, 0.25) is 5.89 Å². The number of hydrogen-bond donors (Lipinski definition) is 1. The Morgan fingerprint density at radius 3 is 2.82 bits per heavy atom. The van der Waals surface area contributed by atoms with Crippen molar-refractivity contribution in [3.8, 4) is 6.07 Å². The fraction of sp³-hybridized carbons (Fsp3) is 0.273. The highest BCUT2D eigenvalue weighted by Gasteiger charge is 2.06. The number of aryl methyl sites for hydroxylation is 2. The Balaban J connectivity index is 2.13. The van der Waals surface area contributed by atoms with Gasteiger partial charge in [-0.25, -0.2) is 4.98 Å². The van der Waals surface area contributed by atoms with Gasteiger partial charge in [0.15, 0.2) is 5.82 Å². The molecule has 6 nitrogen and oxygen atoms in total. The lowest BCUT2D eigenvalue weighted by molar-refractivity contribution is 0.388. The molecule has 0 aliphatic rings. The molecule has 0 aliphatic carbocycles. The maximum Gasteiger partial charge on any atom is 0.223 e. The SMILES string of the molecule is Cc1ccc(C#N)c(NCc2noc(C)n2)n1. The van der Waals surface area contributed by atoms with Gasteiger partial charge in [0.25, 0.3) is 0 Å². The zero-order valence-electron chi connectivity index (χ0n) is 9.56. The van der Waals surface area contributed by atoms with E-state index in [-0.39, 0.29) is 0 Å². The van der Waals surface area contributed by atoms with E-state index in [1.54, 1.807) is 19.1 Å². The number of aromatic nitrogens is 3. The molecule has 0 spiro atoms. The van der Waals surface area contributed by atoms with Crippen molar-refractivity contribution in [2.75, 3.05) is 5.32 Å². The van der Waals surface area contributed by atoms with Crippen molar-refractivity contribution in [1.82, 2.24) is 15.1 Å². The number of nitrogens with one attached hydrogen (secondary N) is 1. The first-order valence-electron chi connectivity index (χ1n) is 5.10. The van der Waals surface area contributed by atoms with Crippen molar-refractivity contribution in [3.05, 3.63) is 35.1 Å². The lowest BCUT2D eigenvalue weighted by atomic mass is 10.2. The van der Waals surface area contributed by atoms with Gasteiger partial charge in [0, 0.05) is 12.6 Å². The molecule has 2 heterocycles. The predicted octanol–water partition coefficient (Wildman–Crippen LogP) is 1.57. The summed E-state index contributed by atoms with van der Waals surface area (Å²) in [6.45, 7) is 3.97. The molecule has 0 unspecified atom stereocenters. The van der Waals surface area contributed by atoms with Crippen LogP contribution in [0, 0.1) is 25.2 Å². The largest absolute Gasteiger partial charge is 0.362 e. The summed E-state index contributed by atoms with van der Waals surface area (Å²) in [4.78, 5) is 8.30. The molecule has 0 saturated carbocycles. The van der Waals surface area contributed by atoms with Crippen LogP contribution < -0.4 is 5.32 Å². The summed E-state index contributed by atoms with van der Waals surface area (Å²) in [5.74, 6) is 1.59. The van der Waals surface area contributed by atoms with Gasteiger partial charge in [0.05, 0.1) is 12.1 Å². The minimum Gasteiger partial charge on any atom is -0.362 e. The molecule has 0 saturated heterocycles. The molecule has 0 atom stereocenters. The summed E-state index contributed by atoms with van der Waals surface area (Å²) in [6.07, 6.45) is 0. The van der Waals surface area contributed by atoms with Gasteiger partial charge in [0.1, 0.15) is 11.9 Å². The van der Waals surface area contributed by atoms with Crippen LogP contribution in [0.5, 0.6) is 0 Å². The van der Waals surface area contributed by atoms with E-state index in [0.717, 1.165) is 5.69 Å². The molecule has 2 aromatic heterocycles. The van der Waals surface area contributed by atoms with Crippen LogP contribution in [0.1, 0.15) is 23.0 Å². The van der Waals surface area contributed by atoms with Crippen LogP contribution in [-0.4, -0.2) is 15.1 Å². The molecule has 2 aromatic rings. The molecule has 2 rings (SSSR count). The number of nitriles is 1. The average Bonchev–Trinajstić information content (AvgIpc) is 2.73. The van der Waals surface area contributed by atoms with E-state index >= 15 is 0 Å². The molecule has 86 valence electrons. The molecule has 0 fully saturated rings. The predicted molar refractivity (Wildman–Crippen MR) is 60.1 cm³/mol. The summed E-state index contributed by atoms with van der Waals surface area (Å²) in [5.41, 5.74) is 1.34. The fourth-order valence-corrected chi connectivity index (χ4v) is 1.36. The summed E-state index contributed by atoms with van der Waals surface area (Å²) in [5, 5.41) is 15.7. The molecule has 0 aromatic carbocycles. The molecule has 6 heteroatoms. The van der Waals surface area contributed by atoms with Crippen molar-refractivity contribution >= 4 is 5.82 Å². The number of rotatable bonds is 3. The fourth-order valence-electron chi connectivity index (χ4n) is 1.36. The van der Waals surface area contributed by atoms with E-state index in [1.807, 2.05) is 6.92 Å². The summed E-state index contributed by atoms with van der Waals surface area (Å²) < 4.78 is 4.85. The summed E-state index contributed by atoms with van der Waals surface area (Å²) in [6, 6.07) is 5.60. The first-order chi connectivity index (χ1) is 8.19. The zero-order chi connectivity index (χ0) is 12.3. The molecule has 0 bridgehead atoms. The van der Waals surface area contributed by atoms with Crippen LogP contribution in [0.4, 0.5) is 5.82 Å². The van der Waals surface area contributed by atoms with Gasteiger partial charge in [-0.1, -0.05) is 5.16 Å². The van der Waals surface area contributed by atoms with Gasteiger partial charge in [-0.2, -0.15) is 10.2 Å². The number of anilines is 1. The van der Waals surface area contributed by atoms with Crippen molar-refractivity contribution < 1.29 is 4.52 Å². The molecule has 0 aliphatic heterocycles. The summed E-state index contributed by atoms with van der Waals surface area (Å²) >= 11 is 0. The Bertz CT molecular complexity index is 569. The lowest BCUT2D eigenvalue weighted by Gasteiger charge is -2.05. The Morgan fingerprint density at radius 1 is 1.35 bits per heavy atom. The second-order valence-corrected chi connectivity index (χ2v) is 3.54. The molecular weight excluding hydrogens is 218 g/mol. The zero-order valence-corrected chi connectivity index (χ0v) is 9.56. The molecular formula is C11H11N5O. The highest BCUT2D eigenvalue weighted by molar-refractivity contribution is 5.52. The van der Waals surface area contributed by atoms with Crippen LogP contribution in [-0.2, 0) is 6.54 Å². The van der Waals surface area contributed by atoms with Gasteiger partial charge >= 0.3 is 0 Å². The first kappa shape index (κ1) is 11.1. The van der Waals surface area contributed by atoms with E-state index in [4.69, 9.17) is 9.78 Å². The van der Waals surface area contributed by atoms with Crippen molar-refractivity contribution in [2.24, 2.45) is 0 Å². The average molecular weight is 229 g/mol. The lowest BCUT2D eigenvalue weighted by Crippen LogP contribution is -2.05. The number of pyridine rings is 1. The quantitative estimate of drug-likeness (QED) is 0.859. The highest BCUT2D eigenvalue weighted by Crippen LogP contribution is 2.12. The second kappa shape index (κ2) is 4.61. The normalized spacial score (nSPS) is 9.94. The molecule has 17 heavy (non-hydrogen) atoms. The van der Waals surface area contributed by atoms with Crippen molar-refractivity contribution in [3.63, 3.8) is 0 Å². The van der Waals surface area contributed by atoms with E-state index < -0.39 is 0 Å². The van der Waals surface area contributed by atoms with Gasteiger partial charge in [-0.05, 0) is 19.1 Å². The van der Waals surface area contributed by atoms with Crippen LogP contribution in [0.25, 0.3) is 0 Å². The van der Waals surface area contributed by atoms with Gasteiger partial charge < -0.3 is 9.84 Å². The smallest absolute Gasteiger partial charge is 0.223 e. The molecule has 1 N–H and O–H groups in total. The van der Waals surface area contributed by atoms with Crippen molar-refractivity contribution in [2.45, 2.75) is 20.4 Å². The third-order valence-electron chi connectivity index (χ3n) is 2.14. The molecule has 0 radical (unpaired) electrons.